The van der Waals surface area contributed by atoms with Crippen molar-refractivity contribution in [2.24, 2.45) is 5.10 Å². The van der Waals surface area contributed by atoms with Gasteiger partial charge in [0.05, 0.1) is 40.2 Å². The van der Waals surface area contributed by atoms with Gasteiger partial charge in [0.15, 0.2) is 11.6 Å². The van der Waals surface area contributed by atoms with Gasteiger partial charge in [-0.3, -0.25) is 25.0 Å². The first-order valence-corrected chi connectivity index (χ1v) is 15.7. The van der Waals surface area contributed by atoms with Crippen molar-refractivity contribution in [1.29, 1.82) is 0 Å². The van der Waals surface area contributed by atoms with Crippen molar-refractivity contribution in [3.63, 3.8) is 0 Å². The van der Waals surface area contributed by atoms with Crippen LogP contribution in [0.3, 0.4) is 0 Å². The highest BCUT2D eigenvalue weighted by atomic mass is 16.6. The summed E-state index contributed by atoms with van der Waals surface area (Å²) in [6.45, 7) is 10.1. The SMILES string of the molecule is CCOc1cc(C)c(-c2nc3ccccc3c(=O)n2N=Cc2cc(OCC)c(OCc3cccc([N+](=O)[O-])c3)c([N+](=O)[O-])c2)cc1C(C)C. The van der Waals surface area contributed by atoms with Crippen LogP contribution < -0.4 is 19.8 Å². The van der Waals surface area contributed by atoms with Crippen molar-refractivity contribution < 1.29 is 24.1 Å². The normalized spacial score (nSPS) is 11.3. The number of ether oxygens (including phenoxy) is 3. The van der Waals surface area contributed by atoms with Gasteiger partial charge in [-0.2, -0.15) is 9.78 Å². The van der Waals surface area contributed by atoms with E-state index in [4.69, 9.17) is 19.2 Å². The second-order valence-corrected chi connectivity index (χ2v) is 11.4. The van der Waals surface area contributed by atoms with E-state index in [2.05, 4.69) is 18.9 Å². The topological polar surface area (TPSA) is 161 Å². The van der Waals surface area contributed by atoms with E-state index in [9.17, 15) is 25.0 Å². The molecule has 0 spiro atoms. The van der Waals surface area contributed by atoms with Crippen LogP contribution in [0.1, 0.15) is 55.9 Å². The average Bonchev–Trinajstić information content (AvgIpc) is 3.07. The van der Waals surface area contributed by atoms with E-state index in [1.54, 1.807) is 37.3 Å². The molecule has 0 aliphatic rings. The summed E-state index contributed by atoms with van der Waals surface area (Å²) in [6.07, 6.45) is 1.33. The monoisotopic (exact) mass is 665 g/mol. The fraction of sp³-hybridized carbons (Fsp3) is 0.250. The molecule has 0 atom stereocenters. The lowest BCUT2D eigenvalue weighted by atomic mass is 9.96. The Morgan fingerprint density at radius 2 is 1.63 bits per heavy atom. The Hall–Kier alpha value is -6.11. The molecule has 0 amide bonds. The first kappa shape index (κ1) is 34.2. The highest BCUT2D eigenvalue weighted by molar-refractivity contribution is 5.84. The van der Waals surface area contributed by atoms with Gasteiger partial charge in [-0.05, 0) is 73.7 Å². The summed E-state index contributed by atoms with van der Waals surface area (Å²) >= 11 is 0. The van der Waals surface area contributed by atoms with E-state index < -0.39 is 21.1 Å². The molecule has 49 heavy (non-hydrogen) atoms. The van der Waals surface area contributed by atoms with Crippen LogP contribution in [-0.4, -0.2) is 38.9 Å². The molecule has 0 N–H and O–H groups in total. The van der Waals surface area contributed by atoms with E-state index in [-0.39, 0.29) is 41.9 Å². The summed E-state index contributed by atoms with van der Waals surface area (Å²) < 4.78 is 18.7. The molecule has 0 aliphatic carbocycles. The van der Waals surface area contributed by atoms with E-state index in [1.807, 2.05) is 26.0 Å². The fourth-order valence-electron chi connectivity index (χ4n) is 5.34. The quantitative estimate of drug-likeness (QED) is 0.0701. The van der Waals surface area contributed by atoms with Crippen molar-refractivity contribution in [3.05, 3.63) is 126 Å². The Balaban J connectivity index is 1.63. The maximum absolute atomic E-state index is 13.9. The van der Waals surface area contributed by atoms with Crippen molar-refractivity contribution in [2.75, 3.05) is 13.2 Å². The van der Waals surface area contributed by atoms with Crippen molar-refractivity contribution >= 4 is 28.5 Å². The average molecular weight is 666 g/mol. The van der Waals surface area contributed by atoms with Crippen LogP contribution in [0.25, 0.3) is 22.3 Å². The molecule has 0 fully saturated rings. The fourth-order valence-corrected chi connectivity index (χ4v) is 5.34. The molecule has 0 saturated heterocycles. The molecule has 252 valence electrons. The van der Waals surface area contributed by atoms with Crippen LogP contribution in [0.15, 0.2) is 82.7 Å². The maximum Gasteiger partial charge on any atom is 0.315 e. The number of nitro groups is 2. The van der Waals surface area contributed by atoms with Gasteiger partial charge >= 0.3 is 5.69 Å². The van der Waals surface area contributed by atoms with Gasteiger partial charge in [-0.25, -0.2) is 4.98 Å². The third kappa shape index (κ3) is 7.40. The zero-order chi connectivity index (χ0) is 35.2. The number of non-ortho nitro benzene ring substituents is 1. The van der Waals surface area contributed by atoms with Crippen LogP contribution in [0, 0.1) is 27.2 Å². The molecule has 0 radical (unpaired) electrons. The van der Waals surface area contributed by atoms with Crippen LogP contribution in [0.4, 0.5) is 11.4 Å². The Morgan fingerprint density at radius 3 is 2.33 bits per heavy atom. The van der Waals surface area contributed by atoms with Crippen LogP contribution >= 0.6 is 0 Å². The van der Waals surface area contributed by atoms with Crippen molar-refractivity contribution in [2.45, 2.75) is 47.1 Å². The minimum atomic E-state index is -0.617. The number of nitrogens with zero attached hydrogens (tertiary/aromatic N) is 5. The Bertz CT molecular complexity index is 2140. The maximum atomic E-state index is 13.9. The summed E-state index contributed by atoms with van der Waals surface area (Å²) in [6, 6.07) is 19.4. The van der Waals surface area contributed by atoms with Gasteiger partial charge in [0.2, 0.25) is 5.75 Å². The van der Waals surface area contributed by atoms with Crippen LogP contribution in [-0.2, 0) is 6.61 Å². The van der Waals surface area contributed by atoms with Gasteiger partial charge in [-0.1, -0.05) is 38.1 Å². The first-order valence-electron chi connectivity index (χ1n) is 15.7. The molecule has 13 nitrogen and oxygen atoms in total. The predicted molar refractivity (Wildman–Crippen MR) is 186 cm³/mol. The third-order valence-electron chi connectivity index (χ3n) is 7.65. The Labute approximate surface area is 281 Å². The van der Waals surface area contributed by atoms with E-state index in [0.29, 0.717) is 34.5 Å². The van der Waals surface area contributed by atoms with Gasteiger partial charge in [0.25, 0.3) is 11.2 Å². The molecular formula is C36H35N5O8. The lowest BCUT2D eigenvalue weighted by molar-refractivity contribution is -0.386. The number of aromatic nitrogens is 2. The molecule has 1 heterocycles. The molecule has 0 aliphatic heterocycles. The summed E-state index contributed by atoms with van der Waals surface area (Å²) in [5, 5.41) is 28.3. The molecular weight excluding hydrogens is 630 g/mol. The Morgan fingerprint density at radius 1 is 0.898 bits per heavy atom. The molecule has 5 rings (SSSR count). The van der Waals surface area contributed by atoms with Gasteiger partial charge in [0.1, 0.15) is 12.4 Å². The minimum absolute atomic E-state index is 0.0664. The molecule has 5 aromatic rings. The number of hydrogen-bond donors (Lipinski definition) is 0. The number of rotatable bonds is 13. The molecule has 13 heteroatoms. The number of hydrogen-bond acceptors (Lipinski definition) is 10. The van der Waals surface area contributed by atoms with E-state index >= 15 is 0 Å². The van der Waals surface area contributed by atoms with Crippen molar-refractivity contribution in [3.8, 4) is 28.6 Å². The van der Waals surface area contributed by atoms with Crippen LogP contribution in [0.5, 0.6) is 17.2 Å². The first-order chi connectivity index (χ1) is 23.5. The smallest absolute Gasteiger partial charge is 0.315 e. The molecule has 4 aromatic carbocycles. The third-order valence-corrected chi connectivity index (χ3v) is 7.65. The number of fused-ring (bicyclic) bond motifs is 1. The molecule has 0 saturated carbocycles. The zero-order valence-electron chi connectivity index (χ0n) is 27.7. The highest BCUT2D eigenvalue weighted by Gasteiger charge is 2.24. The molecule has 0 unspecified atom stereocenters. The van der Waals surface area contributed by atoms with Gasteiger partial charge < -0.3 is 14.2 Å². The second kappa shape index (κ2) is 14.8. The number of nitro benzene ring substituents is 2. The highest BCUT2D eigenvalue weighted by Crippen LogP contribution is 2.39. The lowest BCUT2D eigenvalue weighted by Crippen LogP contribution is -2.21. The molecule has 1 aromatic heterocycles. The minimum Gasteiger partial charge on any atom is -0.494 e. The summed E-state index contributed by atoms with van der Waals surface area (Å²) in [5.74, 6) is 1.07. The van der Waals surface area contributed by atoms with E-state index in [0.717, 1.165) is 16.9 Å². The molecule has 0 bridgehead atoms. The number of aryl methyl sites for hydroxylation is 1. The van der Waals surface area contributed by atoms with Crippen molar-refractivity contribution in [1.82, 2.24) is 9.66 Å². The summed E-state index contributed by atoms with van der Waals surface area (Å²) in [7, 11) is 0. The number of para-hydroxylation sites is 1. The standard InChI is InChI=1S/C36H35N5O8/c1-6-47-32-15-23(5)29(19-28(32)22(3)4)35-38-30-14-9-8-13-27(30)36(42)39(35)37-20-25-17-31(41(45)46)34(33(18-25)48-7-2)49-21-24-11-10-12-26(16-24)40(43)44/h8-20,22H,6-7,21H2,1-5H3. The number of benzene rings is 4. The van der Waals surface area contributed by atoms with Gasteiger partial charge in [0, 0.05) is 29.3 Å². The summed E-state index contributed by atoms with van der Waals surface area (Å²) in [5.41, 5.74) is 2.67. The largest absolute Gasteiger partial charge is 0.494 e. The van der Waals surface area contributed by atoms with Crippen LogP contribution in [0.2, 0.25) is 0 Å². The lowest BCUT2D eigenvalue weighted by Gasteiger charge is -2.18. The Kier molecular flexibility index (Phi) is 10.3. The predicted octanol–water partition coefficient (Wildman–Crippen LogP) is 7.57. The van der Waals surface area contributed by atoms with Gasteiger partial charge in [-0.15, -0.1) is 0 Å². The van der Waals surface area contributed by atoms with E-state index in [1.165, 1.54) is 41.2 Å². The summed E-state index contributed by atoms with van der Waals surface area (Å²) in [4.78, 5) is 41.1. The zero-order valence-corrected chi connectivity index (χ0v) is 27.7. The second-order valence-electron chi connectivity index (χ2n) is 11.4.